The Morgan fingerprint density at radius 3 is 2.47 bits per heavy atom. The summed E-state index contributed by atoms with van der Waals surface area (Å²) in [4.78, 5) is 12.1. The number of benzene rings is 2. The molecule has 0 saturated carbocycles. The monoisotopic (exact) mass is 250 g/mol. The van der Waals surface area contributed by atoms with Gasteiger partial charge in [-0.25, -0.2) is 0 Å². The Morgan fingerprint density at radius 1 is 1.05 bits per heavy atom. The van der Waals surface area contributed by atoms with E-state index in [1.54, 1.807) is 18.2 Å². The molecule has 0 aliphatic carbocycles. The normalized spacial score (nSPS) is 9.63. The van der Waals surface area contributed by atoms with Crippen molar-refractivity contribution in [2.24, 2.45) is 0 Å². The molecule has 0 bridgehead atoms. The van der Waals surface area contributed by atoms with Crippen LogP contribution in [0.15, 0.2) is 54.6 Å². The van der Waals surface area contributed by atoms with Crippen LogP contribution in [-0.2, 0) is 13.0 Å². The standard InChI is InChI=1S/C16H14N2O/c17-11-10-14-8-4-5-9-15(14)16(19)18-12-13-6-2-1-3-7-13/h1-9H,10,12H2,(H,18,19). The van der Waals surface area contributed by atoms with Gasteiger partial charge < -0.3 is 5.32 Å². The van der Waals surface area contributed by atoms with E-state index in [-0.39, 0.29) is 12.3 Å². The number of nitrogens with zero attached hydrogens (tertiary/aromatic N) is 1. The zero-order valence-electron chi connectivity index (χ0n) is 10.5. The number of hydrogen-bond acceptors (Lipinski definition) is 2. The molecule has 0 unspecified atom stereocenters. The SMILES string of the molecule is N#CCc1ccccc1C(=O)NCc1ccccc1. The topological polar surface area (TPSA) is 52.9 Å². The molecule has 19 heavy (non-hydrogen) atoms. The van der Waals surface area contributed by atoms with Gasteiger partial charge >= 0.3 is 0 Å². The molecular formula is C16H14N2O. The Balaban J connectivity index is 2.06. The van der Waals surface area contributed by atoms with Crippen molar-refractivity contribution in [1.82, 2.24) is 5.32 Å². The Kier molecular flexibility index (Phi) is 4.30. The Hall–Kier alpha value is -2.60. The van der Waals surface area contributed by atoms with Crippen molar-refractivity contribution >= 4 is 5.91 Å². The van der Waals surface area contributed by atoms with Gasteiger partial charge in [-0.05, 0) is 17.2 Å². The minimum Gasteiger partial charge on any atom is -0.348 e. The van der Waals surface area contributed by atoms with Crippen molar-refractivity contribution in [2.75, 3.05) is 0 Å². The lowest BCUT2D eigenvalue weighted by atomic mass is 10.0. The number of nitrogens with one attached hydrogen (secondary N) is 1. The first-order valence-corrected chi connectivity index (χ1v) is 6.08. The van der Waals surface area contributed by atoms with Crippen LogP contribution in [0.3, 0.4) is 0 Å². The number of hydrogen-bond donors (Lipinski definition) is 1. The van der Waals surface area contributed by atoms with Gasteiger partial charge in [-0.15, -0.1) is 0 Å². The summed E-state index contributed by atoms with van der Waals surface area (Å²) in [5, 5.41) is 11.6. The molecule has 0 fully saturated rings. The molecule has 2 aromatic carbocycles. The molecule has 3 heteroatoms. The number of carbonyl (C=O) groups is 1. The predicted octanol–water partition coefficient (Wildman–Crippen LogP) is 2.68. The van der Waals surface area contributed by atoms with Crippen LogP contribution in [0, 0.1) is 11.3 Å². The fourth-order valence-corrected chi connectivity index (χ4v) is 1.85. The average Bonchev–Trinajstić information content (AvgIpc) is 2.47. The van der Waals surface area contributed by atoms with E-state index in [0.29, 0.717) is 12.1 Å². The first-order chi connectivity index (χ1) is 9.31. The third-order valence-corrected chi connectivity index (χ3v) is 2.83. The van der Waals surface area contributed by atoms with Crippen molar-refractivity contribution in [3.05, 3.63) is 71.3 Å². The first-order valence-electron chi connectivity index (χ1n) is 6.08. The summed E-state index contributed by atoms with van der Waals surface area (Å²) in [6, 6.07) is 19.0. The summed E-state index contributed by atoms with van der Waals surface area (Å²) in [6.07, 6.45) is 0.245. The van der Waals surface area contributed by atoms with Gasteiger partial charge in [0.15, 0.2) is 0 Å². The highest BCUT2D eigenvalue weighted by Gasteiger charge is 2.09. The maximum atomic E-state index is 12.1. The van der Waals surface area contributed by atoms with Crippen molar-refractivity contribution in [3.8, 4) is 6.07 Å². The van der Waals surface area contributed by atoms with Gasteiger partial charge in [0.25, 0.3) is 5.91 Å². The van der Waals surface area contributed by atoms with E-state index in [1.807, 2.05) is 36.4 Å². The second-order valence-corrected chi connectivity index (χ2v) is 4.16. The highest BCUT2D eigenvalue weighted by molar-refractivity contribution is 5.95. The van der Waals surface area contributed by atoms with E-state index in [2.05, 4.69) is 11.4 Å². The molecule has 1 amide bonds. The number of rotatable bonds is 4. The molecule has 0 atom stereocenters. The van der Waals surface area contributed by atoms with Gasteiger partial charge in [0.2, 0.25) is 0 Å². The van der Waals surface area contributed by atoms with Crippen LogP contribution in [0.25, 0.3) is 0 Å². The van der Waals surface area contributed by atoms with E-state index in [9.17, 15) is 4.79 Å². The molecule has 94 valence electrons. The third kappa shape index (κ3) is 3.43. The first kappa shape index (κ1) is 12.8. The van der Waals surface area contributed by atoms with Crippen molar-refractivity contribution in [3.63, 3.8) is 0 Å². The fraction of sp³-hybridized carbons (Fsp3) is 0.125. The number of amides is 1. The van der Waals surface area contributed by atoms with Crippen LogP contribution in [0.5, 0.6) is 0 Å². The van der Waals surface area contributed by atoms with Crippen LogP contribution in [0.2, 0.25) is 0 Å². The van der Waals surface area contributed by atoms with E-state index >= 15 is 0 Å². The summed E-state index contributed by atoms with van der Waals surface area (Å²) < 4.78 is 0. The fourth-order valence-electron chi connectivity index (χ4n) is 1.85. The lowest BCUT2D eigenvalue weighted by molar-refractivity contribution is 0.0950. The summed E-state index contributed by atoms with van der Waals surface area (Å²) in [7, 11) is 0. The number of carbonyl (C=O) groups excluding carboxylic acids is 1. The molecule has 0 spiro atoms. The molecule has 2 aromatic rings. The van der Waals surface area contributed by atoms with E-state index in [1.165, 1.54) is 0 Å². The van der Waals surface area contributed by atoms with Crippen LogP contribution in [0.1, 0.15) is 21.5 Å². The molecule has 3 nitrogen and oxygen atoms in total. The minimum atomic E-state index is -0.144. The van der Waals surface area contributed by atoms with Gasteiger partial charge in [0, 0.05) is 12.1 Å². The molecular weight excluding hydrogens is 236 g/mol. The van der Waals surface area contributed by atoms with Crippen LogP contribution in [0.4, 0.5) is 0 Å². The van der Waals surface area contributed by atoms with Gasteiger partial charge in [0.05, 0.1) is 12.5 Å². The van der Waals surface area contributed by atoms with Gasteiger partial charge in [-0.3, -0.25) is 4.79 Å². The van der Waals surface area contributed by atoms with Crippen molar-refractivity contribution in [2.45, 2.75) is 13.0 Å². The summed E-state index contributed by atoms with van der Waals surface area (Å²) in [5.74, 6) is -0.144. The highest BCUT2D eigenvalue weighted by Crippen LogP contribution is 2.09. The third-order valence-electron chi connectivity index (χ3n) is 2.83. The zero-order valence-corrected chi connectivity index (χ0v) is 10.5. The largest absolute Gasteiger partial charge is 0.348 e. The number of nitriles is 1. The van der Waals surface area contributed by atoms with Gasteiger partial charge in [-0.1, -0.05) is 48.5 Å². The molecule has 0 radical (unpaired) electrons. The van der Waals surface area contributed by atoms with E-state index < -0.39 is 0 Å². The predicted molar refractivity (Wildman–Crippen MR) is 73.4 cm³/mol. The van der Waals surface area contributed by atoms with E-state index in [0.717, 1.165) is 11.1 Å². The second-order valence-electron chi connectivity index (χ2n) is 4.16. The average molecular weight is 250 g/mol. The lowest BCUT2D eigenvalue weighted by Crippen LogP contribution is -2.23. The molecule has 0 aliphatic rings. The van der Waals surface area contributed by atoms with E-state index in [4.69, 9.17) is 5.26 Å². The molecule has 0 aliphatic heterocycles. The van der Waals surface area contributed by atoms with Gasteiger partial charge in [-0.2, -0.15) is 5.26 Å². The van der Waals surface area contributed by atoms with Crippen molar-refractivity contribution in [1.29, 1.82) is 5.26 Å². The van der Waals surface area contributed by atoms with Crippen LogP contribution in [-0.4, -0.2) is 5.91 Å². The maximum absolute atomic E-state index is 12.1. The summed E-state index contributed by atoms with van der Waals surface area (Å²) in [6.45, 7) is 0.487. The van der Waals surface area contributed by atoms with Crippen molar-refractivity contribution < 1.29 is 4.79 Å². The second kappa shape index (κ2) is 6.36. The lowest BCUT2D eigenvalue weighted by Gasteiger charge is -2.08. The minimum absolute atomic E-state index is 0.144. The Labute approximate surface area is 112 Å². The maximum Gasteiger partial charge on any atom is 0.251 e. The smallest absolute Gasteiger partial charge is 0.251 e. The van der Waals surface area contributed by atoms with Crippen LogP contribution < -0.4 is 5.32 Å². The highest BCUT2D eigenvalue weighted by atomic mass is 16.1. The van der Waals surface area contributed by atoms with Crippen LogP contribution >= 0.6 is 0 Å². The Morgan fingerprint density at radius 2 is 1.74 bits per heavy atom. The Bertz CT molecular complexity index is 600. The van der Waals surface area contributed by atoms with Gasteiger partial charge in [0.1, 0.15) is 0 Å². The molecule has 0 aromatic heterocycles. The zero-order chi connectivity index (χ0) is 13.5. The molecule has 0 heterocycles. The molecule has 1 N–H and O–H groups in total. The molecule has 2 rings (SSSR count). The summed E-state index contributed by atoms with van der Waals surface area (Å²) in [5.41, 5.74) is 2.38. The summed E-state index contributed by atoms with van der Waals surface area (Å²) >= 11 is 0. The molecule has 0 saturated heterocycles. The quantitative estimate of drug-likeness (QED) is 0.907.